The van der Waals surface area contributed by atoms with Crippen LogP contribution in [0, 0.1) is 0 Å². The first kappa shape index (κ1) is 25.1. The monoisotopic (exact) mass is 551 g/mol. The van der Waals surface area contributed by atoms with Crippen LogP contribution in [-0.4, -0.2) is 35.4 Å². The lowest BCUT2D eigenvalue weighted by Gasteiger charge is -2.13. The van der Waals surface area contributed by atoms with Crippen molar-refractivity contribution in [2.45, 2.75) is 0 Å². The van der Waals surface area contributed by atoms with Gasteiger partial charge in [-0.05, 0) is 24.3 Å². The van der Waals surface area contributed by atoms with E-state index in [0.717, 1.165) is 28.0 Å². The van der Waals surface area contributed by atoms with Crippen LogP contribution in [0.25, 0.3) is 38.3 Å². The molecular formula is C30H23N4O5S+. The van der Waals surface area contributed by atoms with Crippen molar-refractivity contribution < 1.29 is 28.6 Å². The number of hydrogen-bond donors (Lipinski definition) is 2. The topological polar surface area (TPSA) is 125 Å². The average molecular weight is 552 g/mol. The molecule has 0 amide bonds. The Bertz CT molecular complexity index is 1870. The summed E-state index contributed by atoms with van der Waals surface area (Å²) in [5, 5.41) is 14.9. The number of thiophene rings is 1. The molecule has 0 bridgehead atoms. The van der Waals surface area contributed by atoms with Gasteiger partial charge in [-0.1, -0.05) is 48.5 Å². The van der Waals surface area contributed by atoms with Crippen molar-refractivity contribution in [2.75, 3.05) is 20.0 Å². The normalized spacial score (nSPS) is 11.1. The highest BCUT2D eigenvalue weighted by atomic mass is 32.1. The molecule has 3 N–H and O–H groups in total. The second-order valence-corrected chi connectivity index (χ2v) is 9.81. The summed E-state index contributed by atoms with van der Waals surface area (Å²) < 4.78 is 17.4. The molecule has 0 aliphatic rings. The molecule has 198 valence electrons. The fraction of sp³-hybridized carbons (Fsp3) is 0.0667. The lowest BCUT2D eigenvalue weighted by atomic mass is 9.98. The van der Waals surface area contributed by atoms with E-state index in [1.54, 1.807) is 38.5 Å². The summed E-state index contributed by atoms with van der Waals surface area (Å²) in [7, 11) is 3.18. The molecule has 0 saturated heterocycles. The van der Waals surface area contributed by atoms with Gasteiger partial charge < -0.3 is 20.3 Å². The molecule has 0 saturated carbocycles. The molecule has 0 aliphatic heterocycles. The Morgan fingerprint density at radius 2 is 1.68 bits per heavy atom. The number of anilines is 1. The van der Waals surface area contributed by atoms with E-state index in [0.29, 0.717) is 33.1 Å². The predicted molar refractivity (Wildman–Crippen MR) is 151 cm³/mol. The predicted octanol–water partition coefficient (Wildman–Crippen LogP) is 5.43. The summed E-state index contributed by atoms with van der Waals surface area (Å²) in [6, 6.07) is 26.0. The average Bonchev–Trinajstić information content (AvgIpc) is 3.56. The first-order valence-electron chi connectivity index (χ1n) is 12.2. The summed E-state index contributed by atoms with van der Waals surface area (Å²) in [6.07, 6.45) is 0. The zero-order chi connectivity index (χ0) is 27.8. The van der Waals surface area contributed by atoms with Crippen molar-refractivity contribution in [3.8, 4) is 45.5 Å². The van der Waals surface area contributed by atoms with Crippen molar-refractivity contribution in [1.29, 1.82) is 0 Å². The van der Waals surface area contributed by atoms with Crippen LogP contribution < -0.4 is 19.9 Å². The van der Waals surface area contributed by atoms with Gasteiger partial charge in [0.1, 0.15) is 21.2 Å². The Balaban J connectivity index is 1.61. The maximum Gasteiger partial charge on any atom is 0.393 e. The molecule has 6 aromatic rings. The van der Waals surface area contributed by atoms with Crippen LogP contribution in [0.1, 0.15) is 15.4 Å². The van der Waals surface area contributed by atoms with E-state index in [1.165, 1.54) is 4.68 Å². The maximum atomic E-state index is 13.9. The number of aromatic hydroxyl groups is 1. The van der Waals surface area contributed by atoms with E-state index in [4.69, 9.17) is 24.7 Å². The number of nitrogen functional groups attached to an aromatic ring is 1. The number of nitrogens with zero attached hydrogens (tertiary/aromatic N) is 3. The third kappa shape index (κ3) is 4.20. The molecule has 0 unspecified atom stereocenters. The molecule has 6 rings (SSSR count). The van der Waals surface area contributed by atoms with Crippen molar-refractivity contribution in [3.63, 3.8) is 0 Å². The molecule has 3 heterocycles. The number of aromatic nitrogens is 3. The van der Waals surface area contributed by atoms with Gasteiger partial charge in [0.15, 0.2) is 0 Å². The maximum absolute atomic E-state index is 13.9. The van der Waals surface area contributed by atoms with Gasteiger partial charge in [0.2, 0.25) is 11.0 Å². The number of carbonyl (C=O) groups is 1. The number of rotatable bonds is 7. The zero-order valence-corrected chi connectivity index (χ0v) is 22.3. The van der Waals surface area contributed by atoms with Crippen molar-refractivity contribution in [1.82, 2.24) is 10.3 Å². The van der Waals surface area contributed by atoms with Gasteiger partial charge >= 0.3 is 11.6 Å². The summed E-state index contributed by atoms with van der Waals surface area (Å²) in [6.45, 7) is 0. The third-order valence-corrected chi connectivity index (χ3v) is 7.61. The number of ether oxygens (including phenoxy) is 2. The minimum Gasteiger partial charge on any atom is -0.497 e. The fourth-order valence-electron chi connectivity index (χ4n) is 4.58. The first-order valence-corrected chi connectivity index (χ1v) is 13.0. The zero-order valence-electron chi connectivity index (χ0n) is 21.5. The standard InChI is InChI=1S/C30H22N4O5S/c1-37-19-13-14-23(38-2)20(15-19)21-16-22(17-9-5-3-6-10-17)32-29-24(21)25(31)28(40-29)27(35)26-30(36)39-33-34(26)18-11-7-4-8-12-18/h3-16H,1-2H3,(H2-,31,33,35,36)/p+1. The highest BCUT2D eigenvalue weighted by Gasteiger charge is 2.37. The number of fused-ring (bicyclic) bond motifs is 1. The minimum absolute atomic E-state index is 0.145. The highest BCUT2D eigenvalue weighted by molar-refractivity contribution is 7.21. The molecule has 0 spiro atoms. The molecule has 0 atom stereocenters. The number of nitrogens with two attached hydrogens (primary N) is 1. The second kappa shape index (κ2) is 10.2. The first-order chi connectivity index (χ1) is 19.5. The molecule has 3 aromatic heterocycles. The lowest BCUT2D eigenvalue weighted by molar-refractivity contribution is -0.672. The lowest BCUT2D eigenvalue weighted by Crippen LogP contribution is -2.38. The molecular weight excluding hydrogens is 528 g/mol. The van der Waals surface area contributed by atoms with E-state index in [1.807, 2.05) is 60.7 Å². The van der Waals surface area contributed by atoms with Gasteiger partial charge in [-0.2, -0.15) is 0 Å². The summed E-state index contributed by atoms with van der Waals surface area (Å²) in [5.74, 6) is 0.0704. The molecule has 0 aliphatic carbocycles. The van der Waals surface area contributed by atoms with Crippen LogP contribution >= 0.6 is 11.3 Å². The number of benzene rings is 3. The largest absolute Gasteiger partial charge is 0.497 e. The Morgan fingerprint density at radius 1 is 0.950 bits per heavy atom. The Hall–Kier alpha value is -5.22. The molecule has 40 heavy (non-hydrogen) atoms. The van der Waals surface area contributed by atoms with Crippen LogP contribution in [-0.2, 0) is 0 Å². The van der Waals surface area contributed by atoms with E-state index in [2.05, 4.69) is 5.27 Å². The third-order valence-electron chi connectivity index (χ3n) is 6.51. The van der Waals surface area contributed by atoms with Crippen LogP contribution in [0.3, 0.4) is 0 Å². The molecule has 3 aromatic carbocycles. The molecule has 0 fully saturated rings. The number of ketones is 1. The number of methoxy groups -OCH3 is 2. The van der Waals surface area contributed by atoms with Gasteiger partial charge in [-0.15, -0.1) is 11.3 Å². The Morgan fingerprint density at radius 3 is 2.38 bits per heavy atom. The summed E-state index contributed by atoms with van der Waals surface area (Å²) >= 11 is 1.13. The number of hydrogen-bond acceptors (Lipinski definition) is 9. The van der Waals surface area contributed by atoms with E-state index < -0.39 is 11.7 Å². The van der Waals surface area contributed by atoms with Gasteiger partial charge in [0, 0.05) is 38.9 Å². The van der Waals surface area contributed by atoms with Gasteiger partial charge in [0.25, 0.3) is 5.78 Å². The quantitative estimate of drug-likeness (QED) is 0.199. The van der Waals surface area contributed by atoms with E-state index in [9.17, 15) is 9.90 Å². The number of para-hydroxylation sites is 1. The van der Waals surface area contributed by atoms with Gasteiger partial charge in [-0.25, -0.2) is 4.98 Å². The number of carbonyl (C=O) groups excluding carboxylic acids is 1. The SMILES string of the molecule is COc1ccc(OC)c(-c2cc(-c3ccccc3)nc3sc(C(=O)c4c(O)on[n+]4-c4ccccc4)c(N)c23)c1. The fourth-order valence-corrected chi connectivity index (χ4v) is 5.64. The Labute approximate surface area is 232 Å². The molecule has 10 heteroatoms. The van der Waals surface area contributed by atoms with E-state index >= 15 is 0 Å². The Kier molecular flexibility index (Phi) is 6.37. The van der Waals surface area contributed by atoms with Crippen LogP contribution in [0.15, 0.2) is 89.5 Å². The van der Waals surface area contributed by atoms with Crippen LogP contribution in [0.4, 0.5) is 5.69 Å². The summed E-state index contributed by atoms with van der Waals surface area (Å²) in [5.41, 5.74) is 10.4. The van der Waals surface area contributed by atoms with Crippen LogP contribution in [0.2, 0.25) is 0 Å². The van der Waals surface area contributed by atoms with Crippen molar-refractivity contribution in [2.24, 2.45) is 0 Å². The molecule has 0 radical (unpaired) electrons. The van der Waals surface area contributed by atoms with E-state index in [-0.39, 0.29) is 16.3 Å². The molecule has 9 nitrogen and oxygen atoms in total. The van der Waals surface area contributed by atoms with Crippen LogP contribution in [0.5, 0.6) is 17.4 Å². The second-order valence-electron chi connectivity index (χ2n) is 8.82. The highest BCUT2D eigenvalue weighted by Crippen LogP contribution is 2.45. The van der Waals surface area contributed by atoms with Gasteiger partial charge in [-0.3, -0.25) is 9.32 Å². The van der Waals surface area contributed by atoms with Crippen molar-refractivity contribution in [3.05, 3.63) is 95.5 Å². The number of pyridine rings is 1. The van der Waals surface area contributed by atoms with Gasteiger partial charge in [0.05, 0.1) is 25.6 Å². The smallest absolute Gasteiger partial charge is 0.393 e. The van der Waals surface area contributed by atoms with Crippen molar-refractivity contribution >= 4 is 33.0 Å². The summed E-state index contributed by atoms with van der Waals surface area (Å²) in [4.78, 5) is 19.5. The minimum atomic E-state index is -0.613.